The molecule has 0 amide bonds. The van der Waals surface area contributed by atoms with Crippen molar-refractivity contribution in [1.29, 1.82) is 0 Å². The van der Waals surface area contributed by atoms with Gasteiger partial charge in [0.1, 0.15) is 0 Å². The average molecular weight is 368 g/mol. The summed E-state index contributed by atoms with van der Waals surface area (Å²) in [5.41, 5.74) is 1.30. The van der Waals surface area contributed by atoms with Crippen LogP contribution in [0.5, 0.6) is 0 Å². The summed E-state index contributed by atoms with van der Waals surface area (Å²) in [4.78, 5) is 0. The van der Waals surface area contributed by atoms with Gasteiger partial charge in [-0.15, -0.1) is 11.3 Å². The number of thiophene rings is 1. The van der Waals surface area contributed by atoms with Crippen LogP contribution in [0, 0.1) is 11.3 Å². The van der Waals surface area contributed by atoms with Crippen LogP contribution in [0.1, 0.15) is 44.8 Å². The lowest BCUT2D eigenvalue weighted by atomic mass is 9.77. The second kappa shape index (κ2) is 4.71. The molecule has 1 aromatic rings. The topological polar surface area (TPSA) is 20.2 Å². The molecule has 0 aliphatic heterocycles. The molecule has 2 unspecified atom stereocenters. The first-order valence-corrected chi connectivity index (χ1v) is 7.95. The minimum Gasteiger partial charge on any atom is -0.388 e. The van der Waals surface area contributed by atoms with Gasteiger partial charge in [-0.2, -0.15) is 0 Å². The van der Waals surface area contributed by atoms with Gasteiger partial charge >= 0.3 is 0 Å². The van der Waals surface area contributed by atoms with Crippen molar-refractivity contribution < 1.29 is 5.11 Å². The summed E-state index contributed by atoms with van der Waals surface area (Å²) < 4.78 is 2.12. The van der Waals surface area contributed by atoms with Gasteiger partial charge in [0.2, 0.25) is 0 Å². The summed E-state index contributed by atoms with van der Waals surface area (Å²) in [7, 11) is 0. The maximum Gasteiger partial charge on any atom is 0.0842 e. The molecular weight excluding hydrogens is 352 g/mol. The third-order valence-electron chi connectivity index (χ3n) is 3.72. The molecule has 0 bridgehead atoms. The highest BCUT2D eigenvalue weighted by atomic mass is 79.9. The molecule has 1 N–H and O–H groups in total. The molecule has 0 aromatic carbocycles. The number of halogens is 2. The molecule has 2 atom stereocenters. The van der Waals surface area contributed by atoms with Crippen molar-refractivity contribution in [2.24, 2.45) is 11.3 Å². The van der Waals surface area contributed by atoms with Crippen LogP contribution in [0.4, 0.5) is 0 Å². The molecule has 0 radical (unpaired) electrons. The molecule has 1 nitrogen and oxygen atoms in total. The molecule has 1 aliphatic rings. The van der Waals surface area contributed by atoms with Crippen molar-refractivity contribution in [3.05, 3.63) is 19.2 Å². The lowest BCUT2D eigenvalue weighted by molar-refractivity contribution is 0.0530. The zero-order valence-electron chi connectivity index (χ0n) is 9.46. The second-order valence-electron chi connectivity index (χ2n) is 5.21. The summed E-state index contributed by atoms with van der Waals surface area (Å²) in [5.74, 6) is 0.380. The SMILES string of the molecule is CC1(C)CCCC1C(O)c1cc(Br)sc1Br. The van der Waals surface area contributed by atoms with Gasteiger partial charge in [-0.3, -0.25) is 0 Å². The van der Waals surface area contributed by atoms with Crippen molar-refractivity contribution >= 4 is 43.2 Å². The Morgan fingerprint density at radius 1 is 1.50 bits per heavy atom. The minimum absolute atomic E-state index is 0.257. The molecule has 90 valence electrons. The van der Waals surface area contributed by atoms with E-state index < -0.39 is 0 Å². The number of hydrogen-bond donors (Lipinski definition) is 1. The van der Waals surface area contributed by atoms with Crippen molar-refractivity contribution in [2.75, 3.05) is 0 Å². The normalized spacial score (nSPS) is 25.9. The number of rotatable bonds is 2. The average Bonchev–Trinajstić information content (AvgIpc) is 2.68. The first-order chi connectivity index (χ1) is 7.42. The zero-order valence-corrected chi connectivity index (χ0v) is 13.5. The van der Waals surface area contributed by atoms with E-state index in [4.69, 9.17) is 0 Å². The Morgan fingerprint density at radius 2 is 2.19 bits per heavy atom. The fourth-order valence-electron chi connectivity index (χ4n) is 2.71. The van der Waals surface area contributed by atoms with Crippen LogP contribution in [0.2, 0.25) is 0 Å². The van der Waals surface area contributed by atoms with Crippen LogP contribution < -0.4 is 0 Å². The van der Waals surface area contributed by atoms with Crippen molar-refractivity contribution in [2.45, 2.75) is 39.2 Å². The van der Waals surface area contributed by atoms with Gasteiger partial charge in [-0.05, 0) is 62.1 Å². The molecule has 1 aliphatic carbocycles. The second-order valence-corrected chi connectivity index (χ2v) is 8.96. The first kappa shape index (κ1) is 13.1. The number of aliphatic hydroxyl groups excluding tert-OH is 1. The van der Waals surface area contributed by atoms with E-state index in [9.17, 15) is 5.11 Å². The fraction of sp³-hybridized carbons (Fsp3) is 0.667. The highest BCUT2D eigenvalue weighted by molar-refractivity contribution is 9.12. The third kappa shape index (κ3) is 2.40. The highest BCUT2D eigenvalue weighted by Gasteiger charge is 2.40. The monoisotopic (exact) mass is 366 g/mol. The number of hydrogen-bond acceptors (Lipinski definition) is 2. The summed E-state index contributed by atoms with van der Waals surface area (Å²) in [6.45, 7) is 4.53. The fourth-order valence-corrected chi connectivity index (χ4v) is 5.62. The van der Waals surface area contributed by atoms with Gasteiger partial charge < -0.3 is 5.11 Å². The zero-order chi connectivity index (χ0) is 11.9. The largest absolute Gasteiger partial charge is 0.388 e. The Kier molecular flexibility index (Phi) is 3.85. The van der Waals surface area contributed by atoms with Crippen LogP contribution in [0.3, 0.4) is 0 Å². The van der Waals surface area contributed by atoms with E-state index in [0.29, 0.717) is 5.92 Å². The maximum absolute atomic E-state index is 10.5. The van der Waals surface area contributed by atoms with Crippen LogP contribution in [-0.2, 0) is 0 Å². The van der Waals surface area contributed by atoms with E-state index >= 15 is 0 Å². The van der Waals surface area contributed by atoms with Gasteiger partial charge in [0.25, 0.3) is 0 Å². The van der Waals surface area contributed by atoms with E-state index in [1.165, 1.54) is 12.8 Å². The molecule has 1 fully saturated rings. The highest BCUT2D eigenvalue weighted by Crippen LogP contribution is 2.50. The van der Waals surface area contributed by atoms with Gasteiger partial charge in [0.15, 0.2) is 0 Å². The third-order valence-corrected chi connectivity index (χ3v) is 6.11. The lowest BCUT2D eigenvalue weighted by Crippen LogP contribution is -2.24. The van der Waals surface area contributed by atoms with Gasteiger partial charge in [-0.1, -0.05) is 20.3 Å². The Bertz CT molecular complexity index is 386. The predicted octanol–water partition coefficient (Wildman–Crippen LogP) is 5.13. The van der Waals surface area contributed by atoms with E-state index in [0.717, 1.165) is 19.6 Å². The van der Waals surface area contributed by atoms with Gasteiger partial charge in [0, 0.05) is 5.56 Å². The van der Waals surface area contributed by atoms with Gasteiger partial charge in [0.05, 0.1) is 13.7 Å². The molecule has 2 rings (SSSR count). The lowest BCUT2D eigenvalue weighted by Gasteiger charge is -2.31. The van der Waals surface area contributed by atoms with Crippen molar-refractivity contribution in [3.8, 4) is 0 Å². The van der Waals surface area contributed by atoms with E-state index in [2.05, 4.69) is 45.7 Å². The quantitative estimate of drug-likeness (QED) is 0.767. The summed E-state index contributed by atoms with van der Waals surface area (Å²) in [6, 6.07) is 2.04. The molecule has 1 heterocycles. The maximum atomic E-state index is 10.5. The number of aliphatic hydroxyl groups is 1. The minimum atomic E-state index is -0.338. The van der Waals surface area contributed by atoms with E-state index in [1.54, 1.807) is 11.3 Å². The van der Waals surface area contributed by atoms with Crippen LogP contribution in [0.15, 0.2) is 13.6 Å². The Morgan fingerprint density at radius 3 is 2.62 bits per heavy atom. The summed E-state index contributed by atoms with van der Waals surface area (Å²) in [6.07, 6.45) is 3.25. The molecule has 1 saturated carbocycles. The predicted molar refractivity (Wildman–Crippen MR) is 75.8 cm³/mol. The van der Waals surface area contributed by atoms with Crippen LogP contribution in [0.25, 0.3) is 0 Å². The van der Waals surface area contributed by atoms with Crippen LogP contribution in [-0.4, -0.2) is 5.11 Å². The molecule has 0 saturated heterocycles. The van der Waals surface area contributed by atoms with E-state index in [-0.39, 0.29) is 11.5 Å². The van der Waals surface area contributed by atoms with E-state index in [1.807, 2.05) is 6.07 Å². The van der Waals surface area contributed by atoms with Gasteiger partial charge in [-0.25, -0.2) is 0 Å². The summed E-state index contributed by atoms with van der Waals surface area (Å²) in [5, 5.41) is 10.5. The smallest absolute Gasteiger partial charge is 0.0842 e. The first-order valence-electron chi connectivity index (χ1n) is 5.54. The van der Waals surface area contributed by atoms with Crippen LogP contribution >= 0.6 is 43.2 Å². The summed E-state index contributed by atoms with van der Waals surface area (Å²) >= 11 is 8.63. The molecule has 0 spiro atoms. The van der Waals surface area contributed by atoms with Crippen molar-refractivity contribution in [3.63, 3.8) is 0 Å². The Balaban J connectivity index is 2.25. The Hall–Kier alpha value is 0.620. The molecule has 16 heavy (non-hydrogen) atoms. The Labute approximate surface area is 118 Å². The molecular formula is C12H16Br2OS. The van der Waals surface area contributed by atoms with Crippen molar-refractivity contribution in [1.82, 2.24) is 0 Å². The molecule has 1 aromatic heterocycles. The molecule has 4 heteroatoms. The standard InChI is InChI=1S/C12H16Br2OS/c1-12(2)5-3-4-8(12)10(15)7-6-9(13)16-11(7)14/h6,8,10,15H,3-5H2,1-2H3.